The van der Waals surface area contributed by atoms with Crippen molar-refractivity contribution >= 4 is 11.6 Å². The van der Waals surface area contributed by atoms with Crippen molar-refractivity contribution in [2.75, 3.05) is 20.2 Å². The van der Waals surface area contributed by atoms with E-state index >= 15 is 0 Å². The molecular weight excluding hydrogens is 374 g/mol. The van der Waals surface area contributed by atoms with Crippen LogP contribution in [0.3, 0.4) is 0 Å². The lowest BCUT2D eigenvalue weighted by Gasteiger charge is -2.34. The van der Waals surface area contributed by atoms with Crippen molar-refractivity contribution in [1.82, 2.24) is 9.91 Å². The molecule has 0 radical (unpaired) electrons. The number of amides is 1. The van der Waals surface area contributed by atoms with Crippen molar-refractivity contribution in [3.8, 4) is 5.75 Å². The minimum Gasteiger partial charge on any atom is -0.496 e. The van der Waals surface area contributed by atoms with Crippen LogP contribution in [0.25, 0.3) is 0 Å². The monoisotopic (exact) mass is 405 g/mol. The molecule has 1 fully saturated rings. The highest BCUT2D eigenvalue weighted by Gasteiger charge is 2.35. The van der Waals surface area contributed by atoms with Gasteiger partial charge in [0.15, 0.2) is 0 Å². The van der Waals surface area contributed by atoms with Gasteiger partial charge in [0.25, 0.3) is 5.91 Å². The smallest absolute Gasteiger partial charge is 0.257 e. The molecule has 0 aromatic heterocycles. The minimum atomic E-state index is -0.0851. The number of hydrogen-bond acceptors (Lipinski definition) is 4. The van der Waals surface area contributed by atoms with Crippen LogP contribution in [0.2, 0.25) is 0 Å². The van der Waals surface area contributed by atoms with Crippen molar-refractivity contribution < 1.29 is 9.53 Å². The molecule has 4 rings (SSSR count). The predicted molar refractivity (Wildman–Crippen MR) is 120 cm³/mol. The first-order valence-electron chi connectivity index (χ1n) is 10.9. The van der Waals surface area contributed by atoms with Gasteiger partial charge in [-0.3, -0.25) is 9.69 Å². The van der Waals surface area contributed by atoms with Crippen LogP contribution in [0.5, 0.6) is 5.75 Å². The molecule has 2 aliphatic rings. The van der Waals surface area contributed by atoms with Gasteiger partial charge in [-0.2, -0.15) is 5.10 Å². The Kier molecular flexibility index (Phi) is 6.18. The molecule has 2 atom stereocenters. The van der Waals surface area contributed by atoms with E-state index in [0.717, 1.165) is 42.0 Å². The van der Waals surface area contributed by atoms with Crippen molar-refractivity contribution in [2.45, 2.75) is 51.6 Å². The number of methoxy groups -OCH3 is 1. The van der Waals surface area contributed by atoms with Crippen molar-refractivity contribution in [3.05, 3.63) is 65.2 Å². The Morgan fingerprint density at radius 2 is 1.90 bits per heavy atom. The number of ether oxygens (including phenoxy) is 1. The Bertz CT molecular complexity index is 922. The van der Waals surface area contributed by atoms with Gasteiger partial charge < -0.3 is 4.74 Å². The highest BCUT2D eigenvalue weighted by Crippen LogP contribution is 2.35. The van der Waals surface area contributed by atoms with Crippen molar-refractivity contribution in [3.63, 3.8) is 0 Å². The fraction of sp³-hybridized carbons (Fsp3) is 0.440. The number of likely N-dealkylation sites (tertiary alicyclic amines) is 1. The van der Waals surface area contributed by atoms with E-state index in [0.29, 0.717) is 19.0 Å². The third-order valence-electron chi connectivity index (χ3n) is 6.32. The number of carbonyl (C=O) groups excluding carboxylic acids is 1. The highest BCUT2D eigenvalue weighted by atomic mass is 16.5. The molecule has 5 heteroatoms. The van der Waals surface area contributed by atoms with Gasteiger partial charge in [-0.1, -0.05) is 48.4 Å². The predicted octanol–water partition coefficient (Wildman–Crippen LogP) is 4.56. The van der Waals surface area contributed by atoms with E-state index in [9.17, 15) is 4.79 Å². The van der Waals surface area contributed by atoms with Crippen LogP contribution in [0, 0.1) is 6.92 Å². The molecule has 0 spiro atoms. The average molecular weight is 406 g/mol. The zero-order chi connectivity index (χ0) is 21.1. The summed E-state index contributed by atoms with van der Waals surface area (Å²) < 4.78 is 5.55. The summed E-state index contributed by atoms with van der Waals surface area (Å²) in [5, 5.41) is 6.55. The van der Waals surface area contributed by atoms with E-state index in [2.05, 4.69) is 43.0 Å². The van der Waals surface area contributed by atoms with Gasteiger partial charge in [-0.05, 0) is 50.9 Å². The lowest BCUT2D eigenvalue weighted by atomic mass is 9.97. The first kappa shape index (κ1) is 20.6. The standard InChI is InChI=1S/C25H31N3O2/c1-18-11-13-20(14-12-18)23-16-22(21-9-4-5-10-24(21)30-3)26-28(23)25(29)17-27-15-7-6-8-19(27)2/h4-5,9-14,19,23H,6-8,15-17H2,1-3H3/t19-,23+/m0/s1. The summed E-state index contributed by atoms with van der Waals surface area (Å²) >= 11 is 0. The van der Waals surface area contributed by atoms with E-state index in [4.69, 9.17) is 9.84 Å². The maximum Gasteiger partial charge on any atom is 0.257 e. The summed E-state index contributed by atoms with van der Waals surface area (Å²) in [6.07, 6.45) is 4.25. The van der Waals surface area contributed by atoms with E-state index in [1.807, 2.05) is 24.3 Å². The number of benzene rings is 2. The summed E-state index contributed by atoms with van der Waals surface area (Å²) in [7, 11) is 1.67. The molecule has 30 heavy (non-hydrogen) atoms. The van der Waals surface area contributed by atoms with Gasteiger partial charge in [-0.15, -0.1) is 0 Å². The van der Waals surface area contributed by atoms with Crippen molar-refractivity contribution in [1.29, 1.82) is 0 Å². The van der Waals surface area contributed by atoms with Crippen LogP contribution >= 0.6 is 0 Å². The molecular formula is C25H31N3O2. The molecule has 0 unspecified atom stereocenters. The van der Waals surface area contributed by atoms with Crippen LogP contribution in [0.15, 0.2) is 53.6 Å². The Balaban J connectivity index is 1.64. The van der Waals surface area contributed by atoms with Gasteiger partial charge in [-0.25, -0.2) is 5.01 Å². The minimum absolute atomic E-state index is 0.0687. The molecule has 0 bridgehead atoms. The topological polar surface area (TPSA) is 45.1 Å². The molecule has 0 N–H and O–H groups in total. The summed E-state index contributed by atoms with van der Waals surface area (Å²) in [5.74, 6) is 0.858. The lowest BCUT2D eigenvalue weighted by molar-refractivity contribution is -0.135. The summed E-state index contributed by atoms with van der Waals surface area (Å²) in [4.78, 5) is 15.7. The number of nitrogens with zero attached hydrogens (tertiary/aromatic N) is 3. The fourth-order valence-electron chi connectivity index (χ4n) is 4.47. The molecule has 1 saturated heterocycles. The normalized spacial score (nSPS) is 22.1. The molecule has 5 nitrogen and oxygen atoms in total. The van der Waals surface area contributed by atoms with E-state index < -0.39 is 0 Å². The number of hydrogen-bond donors (Lipinski definition) is 0. The second-order valence-corrected chi connectivity index (χ2v) is 8.43. The van der Waals surface area contributed by atoms with Gasteiger partial charge in [0, 0.05) is 18.0 Å². The Morgan fingerprint density at radius 1 is 1.13 bits per heavy atom. The van der Waals surface area contributed by atoms with E-state index in [1.165, 1.54) is 12.0 Å². The van der Waals surface area contributed by atoms with E-state index in [-0.39, 0.29) is 11.9 Å². The van der Waals surface area contributed by atoms with Crippen molar-refractivity contribution in [2.24, 2.45) is 5.10 Å². The number of aryl methyl sites for hydroxylation is 1. The van der Waals surface area contributed by atoms with Crippen LogP contribution < -0.4 is 4.74 Å². The second kappa shape index (κ2) is 9.00. The van der Waals surface area contributed by atoms with Crippen LogP contribution in [0.4, 0.5) is 0 Å². The second-order valence-electron chi connectivity index (χ2n) is 8.43. The molecule has 2 heterocycles. The van der Waals surface area contributed by atoms with Crippen LogP contribution in [-0.2, 0) is 4.79 Å². The summed E-state index contributed by atoms with van der Waals surface area (Å²) in [6.45, 7) is 5.71. The summed E-state index contributed by atoms with van der Waals surface area (Å²) in [5.41, 5.74) is 4.19. The first-order valence-corrected chi connectivity index (χ1v) is 10.9. The number of rotatable bonds is 5. The van der Waals surface area contributed by atoms with Gasteiger partial charge in [0.1, 0.15) is 5.75 Å². The first-order chi connectivity index (χ1) is 14.6. The van der Waals surface area contributed by atoms with Gasteiger partial charge in [0.05, 0.1) is 25.4 Å². The number of piperidine rings is 1. The zero-order valence-electron chi connectivity index (χ0n) is 18.2. The Labute approximate surface area is 179 Å². The molecule has 2 aromatic carbocycles. The fourth-order valence-corrected chi connectivity index (χ4v) is 4.47. The zero-order valence-corrected chi connectivity index (χ0v) is 18.2. The van der Waals surface area contributed by atoms with Gasteiger partial charge >= 0.3 is 0 Å². The molecule has 1 amide bonds. The maximum absolute atomic E-state index is 13.4. The third-order valence-corrected chi connectivity index (χ3v) is 6.32. The third kappa shape index (κ3) is 4.26. The van der Waals surface area contributed by atoms with E-state index in [1.54, 1.807) is 12.1 Å². The maximum atomic E-state index is 13.4. The molecule has 0 saturated carbocycles. The highest BCUT2D eigenvalue weighted by molar-refractivity contribution is 6.05. The van der Waals surface area contributed by atoms with Gasteiger partial charge in [0.2, 0.25) is 0 Å². The van der Waals surface area contributed by atoms with Crippen LogP contribution in [0.1, 0.15) is 55.3 Å². The number of hydrazone groups is 1. The Morgan fingerprint density at radius 3 is 2.63 bits per heavy atom. The number of carbonyl (C=O) groups is 1. The largest absolute Gasteiger partial charge is 0.496 e. The number of para-hydroxylation sites is 1. The molecule has 0 aliphatic carbocycles. The SMILES string of the molecule is COc1ccccc1C1=NN(C(=O)CN2CCCC[C@@H]2C)[C@@H](c2ccc(C)cc2)C1. The lowest BCUT2D eigenvalue weighted by Crippen LogP contribution is -2.44. The summed E-state index contributed by atoms with van der Waals surface area (Å²) in [6, 6.07) is 16.7. The Hall–Kier alpha value is -2.66. The average Bonchev–Trinajstić information content (AvgIpc) is 3.21. The van der Waals surface area contributed by atoms with Crippen LogP contribution in [-0.4, -0.2) is 47.8 Å². The molecule has 158 valence electrons. The quantitative estimate of drug-likeness (QED) is 0.733. The molecule has 2 aliphatic heterocycles. The molecule has 2 aromatic rings.